The Morgan fingerprint density at radius 1 is 1.48 bits per heavy atom. The molecular formula is C16H20N2O2S. The molecule has 0 bridgehead atoms. The van der Waals surface area contributed by atoms with Crippen LogP contribution in [0.1, 0.15) is 35.8 Å². The van der Waals surface area contributed by atoms with E-state index in [9.17, 15) is 4.79 Å². The number of aryl methyl sites for hydroxylation is 1. The van der Waals surface area contributed by atoms with Gasteiger partial charge in [0.2, 0.25) is 0 Å². The van der Waals surface area contributed by atoms with Gasteiger partial charge in [0.25, 0.3) is 5.91 Å². The minimum absolute atomic E-state index is 0.00765. The van der Waals surface area contributed by atoms with Crippen LogP contribution < -0.4 is 5.32 Å². The summed E-state index contributed by atoms with van der Waals surface area (Å²) in [6, 6.07) is 7.49. The first-order valence-electron chi connectivity index (χ1n) is 7.08. The Hall–Kier alpha value is -1.72. The lowest BCUT2D eigenvalue weighted by atomic mass is 10.1. The molecule has 0 spiro atoms. The van der Waals surface area contributed by atoms with Gasteiger partial charge in [-0.3, -0.25) is 4.79 Å². The standard InChI is InChI=1S/C16H20N2O2S/c1-3-14(7-8-19)18-15(20)12-5-4-6-13(9-12)16-17-11(2)10-21-16/h4-6,9-10,14,19H,3,7-8H2,1-2H3,(H,18,20). The van der Waals surface area contributed by atoms with E-state index in [-0.39, 0.29) is 18.6 Å². The van der Waals surface area contributed by atoms with Gasteiger partial charge in [0, 0.05) is 34.8 Å². The number of thiazole rings is 1. The summed E-state index contributed by atoms with van der Waals surface area (Å²) >= 11 is 1.57. The number of aliphatic hydroxyl groups is 1. The van der Waals surface area contributed by atoms with Crippen LogP contribution in [0.4, 0.5) is 0 Å². The molecule has 0 aliphatic heterocycles. The van der Waals surface area contributed by atoms with E-state index >= 15 is 0 Å². The number of carbonyl (C=O) groups is 1. The number of aromatic nitrogens is 1. The second-order valence-corrected chi connectivity index (χ2v) is 5.82. The highest BCUT2D eigenvalue weighted by molar-refractivity contribution is 7.13. The number of nitrogens with one attached hydrogen (secondary N) is 1. The summed E-state index contributed by atoms with van der Waals surface area (Å²) in [4.78, 5) is 16.7. The van der Waals surface area contributed by atoms with E-state index in [1.165, 1.54) is 0 Å². The lowest BCUT2D eigenvalue weighted by molar-refractivity contribution is 0.0929. The van der Waals surface area contributed by atoms with Gasteiger partial charge in [0.15, 0.2) is 0 Å². The molecule has 112 valence electrons. The van der Waals surface area contributed by atoms with Gasteiger partial charge in [0.05, 0.1) is 0 Å². The van der Waals surface area contributed by atoms with Crippen molar-refractivity contribution in [1.29, 1.82) is 0 Å². The van der Waals surface area contributed by atoms with Crippen molar-refractivity contribution in [1.82, 2.24) is 10.3 Å². The van der Waals surface area contributed by atoms with Crippen molar-refractivity contribution < 1.29 is 9.90 Å². The van der Waals surface area contributed by atoms with Crippen LogP contribution in [0.3, 0.4) is 0 Å². The maximum atomic E-state index is 12.3. The third-order valence-electron chi connectivity index (χ3n) is 3.30. The molecule has 0 aliphatic rings. The highest BCUT2D eigenvalue weighted by atomic mass is 32.1. The van der Waals surface area contributed by atoms with Crippen molar-refractivity contribution in [3.05, 3.63) is 40.9 Å². The molecule has 2 rings (SSSR count). The summed E-state index contributed by atoms with van der Waals surface area (Å²) in [5.41, 5.74) is 2.56. The van der Waals surface area contributed by atoms with Gasteiger partial charge in [-0.15, -0.1) is 11.3 Å². The van der Waals surface area contributed by atoms with E-state index in [2.05, 4.69) is 10.3 Å². The van der Waals surface area contributed by atoms with Crippen LogP contribution in [-0.2, 0) is 0 Å². The van der Waals surface area contributed by atoms with Crippen molar-refractivity contribution in [3.63, 3.8) is 0 Å². The Balaban J connectivity index is 2.15. The number of hydrogen-bond donors (Lipinski definition) is 2. The molecular weight excluding hydrogens is 284 g/mol. The number of rotatable bonds is 6. The SMILES string of the molecule is CCC(CCO)NC(=O)c1cccc(-c2nc(C)cs2)c1. The van der Waals surface area contributed by atoms with Crippen LogP contribution in [0, 0.1) is 6.92 Å². The van der Waals surface area contributed by atoms with Crippen molar-refractivity contribution in [2.24, 2.45) is 0 Å². The number of aliphatic hydroxyl groups excluding tert-OH is 1. The van der Waals surface area contributed by atoms with E-state index < -0.39 is 0 Å². The predicted octanol–water partition coefficient (Wildman–Crippen LogP) is 3.01. The minimum Gasteiger partial charge on any atom is -0.396 e. The Labute approximate surface area is 128 Å². The molecule has 4 nitrogen and oxygen atoms in total. The molecule has 5 heteroatoms. The molecule has 0 fully saturated rings. The van der Waals surface area contributed by atoms with Crippen molar-refractivity contribution in [3.8, 4) is 10.6 Å². The number of benzene rings is 1. The molecule has 2 N–H and O–H groups in total. The predicted molar refractivity (Wildman–Crippen MR) is 85.5 cm³/mol. The second kappa shape index (κ2) is 7.33. The van der Waals surface area contributed by atoms with E-state index in [1.54, 1.807) is 17.4 Å². The van der Waals surface area contributed by atoms with Crippen LogP contribution in [0.2, 0.25) is 0 Å². The molecule has 0 aliphatic carbocycles. The zero-order valence-corrected chi connectivity index (χ0v) is 13.1. The van der Waals surface area contributed by atoms with Crippen molar-refractivity contribution in [2.45, 2.75) is 32.7 Å². The number of hydrogen-bond acceptors (Lipinski definition) is 4. The molecule has 1 amide bonds. The largest absolute Gasteiger partial charge is 0.396 e. The Bertz CT molecular complexity index is 610. The average molecular weight is 304 g/mol. The van der Waals surface area contributed by atoms with Crippen LogP contribution >= 0.6 is 11.3 Å². The molecule has 0 radical (unpaired) electrons. The van der Waals surface area contributed by atoms with Crippen LogP contribution in [0.5, 0.6) is 0 Å². The highest BCUT2D eigenvalue weighted by Gasteiger charge is 2.13. The fourth-order valence-corrected chi connectivity index (χ4v) is 2.88. The number of amides is 1. The molecule has 1 aromatic heterocycles. The zero-order chi connectivity index (χ0) is 15.2. The summed E-state index contributed by atoms with van der Waals surface area (Å²) in [6.45, 7) is 4.03. The topological polar surface area (TPSA) is 62.2 Å². The van der Waals surface area contributed by atoms with Crippen LogP contribution in [-0.4, -0.2) is 28.6 Å². The van der Waals surface area contributed by atoms with Gasteiger partial charge in [0.1, 0.15) is 5.01 Å². The average Bonchev–Trinajstić information content (AvgIpc) is 2.93. The van der Waals surface area contributed by atoms with Crippen LogP contribution in [0.25, 0.3) is 10.6 Å². The third kappa shape index (κ3) is 4.12. The van der Waals surface area contributed by atoms with Gasteiger partial charge in [-0.05, 0) is 31.9 Å². The summed E-state index contributed by atoms with van der Waals surface area (Å²) < 4.78 is 0. The quantitative estimate of drug-likeness (QED) is 0.862. The fourth-order valence-electron chi connectivity index (χ4n) is 2.08. The summed E-state index contributed by atoms with van der Waals surface area (Å²) in [5, 5.41) is 14.9. The van der Waals surface area contributed by atoms with Gasteiger partial charge in [-0.1, -0.05) is 19.1 Å². The molecule has 1 aromatic carbocycles. The monoisotopic (exact) mass is 304 g/mol. The normalized spacial score (nSPS) is 12.1. The number of carbonyl (C=O) groups excluding carboxylic acids is 1. The smallest absolute Gasteiger partial charge is 0.251 e. The minimum atomic E-state index is -0.106. The third-order valence-corrected chi connectivity index (χ3v) is 4.31. The van der Waals surface area contributed by atoms with Gasteiger partial charge >= 0.3 is 0 Å². The summed E-state index contributed by atoms with van der Waals surface area (Å²) in [5.74, 6) is -0.106. The van der Waals surface area contributed by atoms with E-state index in [1.807, 2.05) is 37.4 Å². The first-order valence-corrected chi connectivity index (χ1v) is 7.96. The Morgan fingerprint density at radius 3 is 2.90 bits per heavy atom. The van der Waals surface area contributed by atoms with E-state index in [0.29, 0.717) is 12.0 Å². The maximum absolute atomic E-state index is 12.3. The number of nitrogens with zero attached hydrogens (tertiary/aromatic N) is 1. The molecule has 1 unspecified atom stereocenters. The molecule has 21 heavy (non-hydrogen) atoms. The van der Waals surface area contributed by atoms with E-state index in [4.69, 9.17) is 5.11 Å². The van der Waals surface area contributed by atoms with Gasteiger partial charge < -0.3 is 10.4 Å². The fraction of sp³-hybridized carbons (Fsp3) is 0.375. The Morgan fingerprint density at radius 2 is 2.29 bits per heavy atom. The molecule has 0 saturated carbocycles. The summed E-state index contributed by atoms with van der Waals surface area (Å²) in [6.07, 6.45) is 1.38. The maximum Gasteiger partial charge on any atom is 0.251 e. The second-order valence-electron chi connectivity index (χ2n) is 4.97. The first kappa shape index (κ1) is 15.7. The zero-order valence-electron chi connectivity index (χ0n) is 12.3. The van der Waals surface area contributed by atoms with Gasteiger partial charge in [-0.25, -0.2) is 4.98 Å². The van der Waals surface area contributed by atoms with E-state index in [0.717, 1.165) is 22.7 Å². The van der Waals surface area contributed by atoms with Crippen molar-refractivity contribution in [2.75, 3.05) is 6.61 Å². The first-order chi connectivity index (χ1) is 10.1. The molecule has 2 aromatic rings. The molecule has 1 atom stereocenters. The highest BCUT2D eigenvalue weighted by Crippen LogP contribution is 2.24. The lowest BCUT2D eigenvalue weighted by Gasteiger charge is -2.15. The molecule has 0 saturated heterocycles. The van der Waals surface area contributed by atoms with Crippen molar-refractivity contribution >= 4 is 17.2 Å². The molecule has 1 heterocycles. The lowest BCUT2D eigenvalue weighted by Crippen LogP contribution is -2.35. The van der Waals surface area contributed by atoms with Gasteiger partial charge in [-0.2, -0.15) is 0 Å². The van der Waals surface area contributed by atoms with Crippen LogP contribution in [0.15, 0.2) is 29.6 Å². The summed E-state index contributed by atoms with van der Waals surface area (Å²) in [7, 11) is 0. The Kier molecular flexibility index (Phi) is 5.47.